The van der Waals surface area contributed by atoms with Gasteiger partial charge in [-0.05, 0) is 36.4 Å². The molecule has 36 heavy (non-hydrogen) atoms. The second-order valence-electron chi connectivity index (χ2n) is 7.70. The molecule has 0 fully saturated rings. The molecule has 4 aromatic rings. The summed E-state index contributed by atoms with van der Waals surface area (Å²) in [6.07, 6.45) is 0.138. The van der Waals surface area contributed by atoms with Crippen molar-refractivity contribution in [3.05, 3.63) is 85.9 Å². The number of fused-ring (bicyclic) bond motifs is 1. The SMILES string of the molecule is O=C(CSc1nnc(Cc2cc(=O)[nH]c(=O)[nH]2)n1-c1ccc(Cl)cc1)Nc1ccc2c(c1)OCCO2. The molecule has 0 spiro atoms. The van der Waals surface area contributed by atoms with Gasteiger partial charge in [-0.15, -0.1) is 10.2 Å². The molecule has 1 aliphatic heterocycles. The van der Waals surface area contributed by atoms with Crippen molar-refractivity contribution in [3.63, 3.8) is 0 Å². The summed E-state index contributed by atoms with van der Waals surface area (Å²) in [4.78, 5) is 40.8. The van der Waals surface area contributed by atoms with Gasteiger partial charge in [0, 0.05) is 40.6 Å². The van der Waals surface area contributed by atoms with Crippen LogP contribution in [0.25, 0.3) is 5.69 Å². The number of halogens is 1. The minimum atomic E-state index is -0.611. The smallest absolute Gasteiger partial charge is 0.325 e. The van der Waals surface area contributed by atoms with Crippen LogP contribution in [-0.4, -0.2) is 49.6 Å². The first-order valence-electron chi connectivity index (χ1n) is 10.8. The van der Waals surface area contributed by atoms with Gasteiger partial charge < -0.3 is 19.8 Å². The van der Waals surface area contributed by atoms with E-state index in [0.29, 0.717) is 57.8 Å². The number of aromatic amines is 2. The Morgan fingerprint density at radius 1 is 1.03 bits per heavy atom. The van der Waals surface area contributed by atoms with Gasteiger partial charge in [0.2, 0.25) is 5.91 Å². The Hall–Kier alpha value is -4.03. The first kappa shape index (κ1) is 23.7. The van der Waals surface area contributed by atoms with Crippen LogP contribution in [0, 0.1) is 0 Å². The topological polar surface area (TPSA) is 144 Å². The normalized spacial score (nSPS) is 12.4. The average molecular weight is 527 g/mol. The van der Waals surface area contributed by atoms with Gasteiger partial charge in [0.05, 0.1) is 5.75 Å². The Morgan fingerprint density at radius 2 is 1.81 bits per heavy atom. The largest absolute Gasteiger partial charge is 0.486 e. The Labute approximate surface area is 212 Å². The van der Waals surface area contributed by atoms with Gasteiger partial charge in [-0.25, -0.2) is 4.79 Å². The molecule has 2 aromatic carbocycles. The molecule has 3 heterocycles. The first-order chi connectivity index (χ1) is 17.4. The third-order valence-electron chi connectivity index (χ3n) is 5.11. The standard InChI is InChI=1S/C23H19ClN6O5S/c24-13-1-4-16(5-2-13)30-19(10-15-11-20(31)27-22(33)26-15)28-29-23(30)36-12-21(32)25-14-3-6-17-18(9-14)35-8-7-34-17/h1-6,9,11H,7-8,10,12H2,(H,25,32)(H2,26,27,31,33). The van der Waals surface area contributed by atoms with Crippen LogP contribution >= 0.6 is 23.4 Å². The number of amides is 1. The lowest BCUT2D eigenvalue weighted by atomic mass is 10.2. The lowest BCUT2D eigenvalue weighted by molar-refractivity contribution is -0.113. The van der Waals surface area contributed by atoms with E-state index in [9.17, 15) is 14.4 Å². The van der Waals surface area contributed by atoms with Gasteiger partial charge in [0.1, 0.15) is 19.0 Å². The number of aromatic nitrogens is 5. The number of carbonyl (C=O) groups is 1. The van der Waals surface area contributed by atoms with Crippen LogP contribution in [-0.2, 0) is 11.2 Å². The van der Waals surface area contributed by atoms with E-state index in [1.165, 1.54) is 17.8 Å². The number of anilines is 1. The molecule has 0 saturated carbocycles. The van der Waals surface area contributed by atoms with Gasteiger partial charge in [0.25, 0.3) is 5.56 Å². The number of carbonyl (C=O) groups excluding carboxylic acids is 1. The van der Waals surface area contributed by atoms with E-state index >= 15 is 0 Å². The molecule has 0 aliphatic carbocycles. The van der Waals surface area contributed by atoms with Gasteiger partial charge in [-0.1, -0.05) is 23.4 Å². The van der Waals surface area contributed by atoms with Crippen molar-refractivity contribution in [2.75, 3.05) is 24.3 Å². The number of hydrogen-bond donors (Lipinski definition) is 3. The first-order valence-corrected chi connectivity index (χ1v) is 12.2. The summed E-state index contributed by atoms with van der Waals surface area (Å²) in [6.45, 7) is 0.941. The maximum atomic E-state index is 12.7. The van der Waals surface area contributed by atoms with Crippen molar-refractivity contribution in [1.29, 1.82) is 0 Å². The van der Waals surface area contributed by atoms with Gasteiger partial charge >= 0.3 is 5.69 Å². The number of rotatable bonds is 7. The molecule has 2 aromatic heterocycles. The van der Waals surface area contributed by atoms with Crippen LogP contribution in [0.4, 0.5) is 5.69 Å². The van der Waals surface area contributed by atoms with Gasteiger partial charge in [-0.3, -0.25) is 19.1 Å². The molecule has 13 heteroatoms. The molecular weight excluding hydrogens is 508 g/mol. The van der Waals surface area contributed by atoms with Gasteiger partial charge in [0.15, 0.2) is 16.7 Å². The van der Waals surface area contributed by atoms with Crippen LogP contribution in [0.5, 0.6) is 11.5 Å². The number of benzene rings is 2. The molecule has 1 amide bonds. The van der Waals surface area contributed by atoms with Crippen LogP contribution < -0.4 is 26.0 Å². The number of nitrogens with one attached hydrogen (secondary N) is 3. The Bertz CT molecular complexity index is 1500. The summed E-state index contributed by atoms with van der Waals surface area (Å²) in [5.41, 5.74) is 0.542. The van der Waals surface area contributed by atoms with Crippen molar-refractivity contribution < 1.29 is 14.3 Å². The number of thioether (sulfide) groups is 1. The molecule has 3 N–H and O–H groups in total. The minimum Gasteiger partial charge on any atom is -0.486 e. The molecule has 1 aliphatic rings. The van der Waals surface area contributed by atoms with E-state index in [1.807, 2.05) is 0 Å². The third-order valence-corrected chi connectivity index (χ3v) is 6.29. The molecule has 11 nitrogen and oxygen atoms in total. The Morgan fingerprint density at radius 3 is 2.58 bits per heavy atom. The zero-order valence-corrected chi connectivity index (χ0v) is 20.2. The van der Waals surface area contributed by atoms with Crippen molar-refractivity contribution in [2.45, 2.75) is 11.6 Å². The van der Waals surface area contributed by atoms with Gasteiger partial charge in [-0.2, -0.15) is 0 Å². The highest BCUT2D eigenvalue weighted by molar-refractivity contribution is 7.99. The highest BCUT2D eigenvalue weighted by atomic mass is 35.5. The minimum absolute atomic E-state index is 0.0575. The number of H-pyrrole nitrogens is 2. The molecule has 0 saturated heterocycles. The molecule has 0 atom stereocenters. The zero-order chi connectivity index (χ0) is 25.1. The maximum absolute atomic E-state index is 12.7. The number of hydrogen-bond acceptors (Lipinski definition) is 8. The van der Waals surface area contributed by atoms with Crippen LogP contribution in [0.2, 0.25) is 5.02 Å². The Balaban J connectivity index is 1.35. The highest BCUT2D eigenvalue weighted by Crippen LogP contribution is 2.32. The third kappa shape index (κ3) is 5.44. The maximum Gasteiger partial charge on any atom is 0.325 e. The molecule has 184 valence electrons. The van der Waals surface area contributed by atoms with Crippen molar-refractivity contribution in [3.8, 4) is 17.2 Å². The molecule has 5 rings (SSSR count). The Kier molecular flexibility index (Phi) is 6.78. The summed E-state index contributed by atoms with van der Waals surface area (Å²) in [7, 11) is 0. The fourth-order valence-electron chi connectivity index (χ4n) is 3.59. The summed E-state index contributed by atoms with van der Waals surface area (Å²) in [6, 6.07) is 13.5. The van der Waals surface area contributed by atoms with Crippen LogP contribution in [0.1, 0.15) is 11.5 Å². The molecule has 0 radical (unpaired) electrons. The summed E-state index contributed by atoms with van der Waals surface area (Å²) >= 11 is 7.24. The van der Waals surface area contributed by atoms with Crippen molar-refractivity contribution in [1.82, 2.24) is 24.7 Å². The lowest BCUT2D eigenvalue weighted by Gasteiger charge is -2.19. The van der Waals surface area contributed by atoms with E-state index in [0.717, 1.165) is 0 Å². The lowest BCUT2D eigenvalue weighted by Crippen LogP contribution is -2.23. The van der Waals surface area contributed by atoms with Crippen LogP contribution in [0.15, 0.2) is 63.3 Å². The fourth-order valence-corrected chi connectivity index (χ4v) is 4.49. The number of ether oxygens (including phenoxy) is 2. The predicted octanol–water partition coefficient (Wildman–Crippen LogP) is 2.39. The summed E-state index contributed by atoms with van der Waals surface area (Å²) in [5, 5.41) is 12.3. The van der Waals surface area contributed by atoms with E-state index < -0.39 is 11.2 Å². The van der Waals surface area contributed by atoms with Crippen molar-refractivity contribution in [2.24, 2.45) is 0 Å². The fraction of sp³-hybridized carbons (Fsp3) is 0.174. The molecule has 0 unspecified atom stereocenters. The van der Waals surface area contributed by atoms with E-state index in [4.69, 9.17) is 21.1 Å². The highest BCUT2D eigenvalue weighted by Gasteiger charge is 2.18. The predicted molar refractivity (Wildman–Crippen MR) is 134 cm³/mol. The van der Waals surface area contributed by atoms with E-state index in [1.54, 1.807) is 47.0 Å². The zero-order valence-electron chi connectivity index (χ0n) is 18.6. The number of nitrogens with zero attached hydrogens (tertiary/aromatic N) is 3. The summed E-state index contributed by atoms with van der Waals surface area (Å²) < 4.78 is 12.8. The van der Waals surface area contributed by atoms with E-state index in [2.05, 4.69) is 25.5 Å². The van der Waals surface area contributed by atoms with Crippen LogP contribution in [0.3, 0.4) is 0 Å². The monoisotopic (exact) mass is 526 g/mol. The second-order valence-corrected chi connectivity index (χ2v) is 9.07. The van der Waals surface area contributed by atoms with Crippen molar-refractivity contribution >= 4 is 35.0 Å². The molecular formula is C23H19ClN6O5S. The quantitative estimate of drug-likeness (QED) is 0.311. The van der Waals surface area contributed by atoms with E-state index in [-0.39, 0.29) is 18.1 Å². The average Bonchev–Trinajstić information content (AvgIpc) is 3.24. The molecule has 0 bridgehead atoms. The summed E-state index contributed by atoms with van der Waals surface area (Å²) in [5.74, 6) is 1.49. The second kappa shape index (κ2) is 10.3.